The van der Waals surface area contributed by atoms with Gasteiger partial charge in [0.25, 0.3) is 0 Å². The molecule has 1 aromatic rings. The predicted octanol–water partition coefficient (Wildman–Crippen LogP) is 1.22. The second-order valence-electron chi connectivity index (χ2n) is 3.59. The number of rotatable bonds is 6. The van der Waals surface area contributed by atoms with Gasteiger partial charge in [0.05, 0.1) is 6.10 Å². The van der Waals surface area contributed by atoms with Crippen molar-refractivity contribution in [3.63, 3.8) is 0 Å². The molecule has 15 heavy (non-hydrogen) atoms. The van der Waals surface area contributed by atoms with Crippen molar-refractivity contribution in [3.8, 4) is 0 Å². The van der Waals surface area contributed by atoms with E-state index in [4.69, 9.17) is 5.73 Å². The Morgan fingerprint density at radius 2 is 2.00 bits per heavy atom. The van der Waals surface area contributed by atoms with Crippen molar-refractivity contribution in [2.45, 2.75) is 19.4 Å². The quantitative estimate of drug-likeness (QED) is 0.739. The third-order valence-corrected chi connectivity index (χ3v) is 2.51. The molecule has 0 saturated heterocycles. The number of hydrogen-bond donors (Lipinski definition) is 2. The van der Waals surface area contributed by atoms with E-state index < -0.39 is 0 Å². The van der Waals surface area contributed by atoms with Crippen LogP contribution < -0.4 is 10.6 Å². The molecule has 0 fully saturated rings. The third kappa shape index (κ3) is 3.90. The molecule has 0 aromatic heterocycles. The SMILES string of the molecule is CCN(CCC(O)CN)c1ccccc1. The van der Waals surface area contributed by atoms with Crippen LogP contribution in [0.15, 0.2) is 30.3 Å². The van der Waals surface area contributed by atoms with Crippen molar-refractivity contribution in [3.05, 3.63) is 30.3 Å². The van der Waals surface area contributed by atoms with E-state index in [-0.39, 0.29) is 6.10 Å². The molecule has 3 heteroatoms. The van der Waals surface area contributed by atoms with Gasteiger partial charge in [0.15, 0.2) is 0 Å². The van der Waals surface area contributed by atoms with Crippen molar-refractivity contribution in [1.82, 2.24) is 0 Å². The van der Waals surface area contributed by atoms with Gasteiger partial charge in [-0.05, 0) is 25.5 Å². The second kappa shape index (κ2) is 6.43. The van der Waals surface area contributed by atoms with Gasteiger partial charge >= 0.3 is 0 Å². The van der Waals surface area contributed by atoms with Crippen LogP contribution in [0.2, 0.25) is 0 Å². The Bertz CT molecular complexity index is 264. The fourth-order valence-electron chi connectivity index (χ4n) is 1.53. The summed E-state index contributed by atoms with van der Waals surface area (Å²) in [6, 6.07) is 10.2. The lowest BCUT2D eigenvalue weighted by Gasteiger charge is -2.24. The number of nitrogens with zero attached hydrogens (tertiary/aromatic N) is 1. The molecular weight excluding hydrogens is 188 g/mol. The fourth-order valence-corrected chi connectivity index (χ4v) is 1.53. The summed E-state index contributed by atoms with van der Waals surface area (Å²) in [5.41, 5.74) is 6.57. The van der Waals surface area contributed by atoms with E-state index in [1.165, 1.54) is 5.69 Å². The third-order valence-electron chi connectivity index (χ3n) is 2.51. The highest BCUT2D eigenvalue weighted by molar-refractivity contribution is 5.45. The lowest BCUT2D eigenvalue weighted by atomic mass is 10.2. The number of nitrogens with two attached hydrogens (primary N) is 1. The van der Waals surface area contributed by atoms with E-state index in [2.05, 4.69) is 24.0 Å². The molecule has 1 aromatic carbocycles. The second-order valence-corrected chi connectivity index (χ2v) is 3.59. The summed E-state index contributed by atoms with van der Waals surface area (Å²) in [7, 11) is 0. The lowest BCUT2D eigenvalue weighted by Crippen LogP contribution is -2.29. The first kappa shape index (κ1) is 12.0. The Morgan fingerprint density at radius 1 is 1.33 bits per heavy atom. The molecule has 1 unspecified atom stereocenters. The first-order chi connectivity index (χ1) is 7.27. The molecule has 0 heterocycles. The minimum atomic E-state index is -0.386. The molecule has 0 amide bonds. The van der Waals surface area contributed by atoms with Gasteiger partial charge in [-0.25, -0.2) is 0 Å². The maximum absolute atomic E-state index is 9.40. The van der Waals surface area contributed by atoms with Crippen LogP contribution in [0.25, 0.3) is 0 Å². The maximum Gasteiger partial charge on any atom is 0.0679 e. The topological polar surface area (TPSA) is 49.5 Å². The highest BCUT2D eigenvalue weighted by Crippen LogP contribution is 2.13. The van der Waals surface area contributed by atoms with Gasteiger partial charge in [-0.1, -0.05) is 18.2 Å². The van der Waals surface area contributed by atoms with Gasteiger partial charge in [0.1, 0.15) is 0 Å². The van der Waals surface area contributed by atoms with Crippen molar-refractivity contribution < 1.29 is 5.11 Å². The van der Waals surface area contributed by atoms with E-state index in [1.54, 1.807) is 0 Å². The monoisotopic (exact) mass is 208 g/mol. The Kier molecular flexibility index (Phi) is 5.15. The molecule has 0 aliphatic rings. The van der Waals surface area contributed by atoms with Gasteiger partial charge in [-0.3, -0.25) is 0 Å². The molecule has 0 bridgehead atoms. The summed E-state index contributed by atoms with van der Waals surface area (Å²) in [6.45, 7) is 4.24. The van der Waals surface area contributed by atoms with Crippen LogP contribution in [0.4, 0.5) is 5.69 Å². The predicted molar refractivity (Wildman–Crippen MR) is 64.0 cm³/mol. The van der Waals surface area contributed by atoms with Crippen LogP contribution in [0.1, 0.15) is 13.3 Å². The summed E-state index contributed by atoms with van der Waals surface area (Å²) >= 11 is 0. The van der Waals surface area contributed by atoms with Crippen LogP contribution in [-0.2, 0) is 0 Å². The van der Waals surface area contributed by atoms with Crippen molar-refractivity contribution in [2.24, 2.45) is 5.73 Å². The Hall–Kier alpha value is -1.06. The van der Waals surface area contributed by atoms with E-state index in [0.717, 1.165) is 19.5 Å². The molecule has 0 aliphatic carbocycles. The molecule has 1 rings (SSSR count). The molecule has 0 aliphatic heterocycles. The van der Waals surface area contributed by atoms with Crippen LogP contribution >= 0.6 is 0 Å². The Labute approximate surface area is 91.5 Å². The Morgan fingerprint density at radius 3 is 2.53 bits per heavy atom. The van der Waals surface area contributed by atoms with Gasteiger partial charge in [0, 0.05) is 25.3 Å². The van der Waals surface area contributed by atoms with E-state index in [9.17, 15) is 5.11 Å². The average Bonchev–Trinajstić information content (AvgIpc) is 2.31. The number of aliphatic hydroxyl groups is 1. The summed E-state index contributed by atoms with van der Waals surface area (Å²) < 4.78 is 0. The summed E-state index contributed by atoms with van der Waals surface area (Å²) in [5, 5.41) is 9.40. The van der Waals surface area contributed by atoms with Gasteiger partial charge in [-0.15, -0.1) is 0 Å². The molecule has 0 saturated carbocycles. The lowest BCUT2D eigenvalue weighted by molar-refractivity contribution is 0.174. The minimum absolute atomic E-state index is 0.340. The highest BCUT2D eigenvalue weighted by Gasteiger charge is 2.06. The van der Waals surface area contributed by atoms with E-state index in [1.807, 2.05) is 18.2 Å². The van der Waals surface area contributed by atoms with Crippen LogP contribution in [0, 0.1) is 0 Å². The number of para-hydroxylation sites is 1. The number of anilines is 1. The maximum atomic E-state index is 9.40. The average molecular weight is 208 g/mol. The minimum Gasteiger partial charge on any atom is -0.392 e. The fraction of sp³-hybridized carbons (Fsp3) is 0.500. The highest BCUT2D eigenvalue weighted by atomic mass is 16.3. The molecule has 1 atom stereocenters. The number of hydrogen-bond acceptors (Lipinski definition) is 3. The number of aliphatic hydroxyl groups excluding tert-OH is 1. The van der Waals surface area contributed by atoms with Gasteiger partial charge in [-0.2, -0.15) is 0 Å². The standard InChI is InChI=1S/C12H20N2O/c1-2-14(9-8-12(15)10-13)11-6-4-3-5-7-11/h3-7,12,15H,2,8-10,13H2,1H3. The molecule has 0 spiro atoms. The number of benzene rings is 1. The zero-order chi connectivity index (χ0) is 11.1. The van der Waals surface area contributed by atoms with Crippen molar-refractivity contribution >= 4 is 5.69 Å². The first-order valence-corrected chi connectivity index (χ1v) is 5.46. The zero-order valence-electron chi connectivity index (χ0n) is 9.26. The summed E-state index contributed by atoms with van der Waals surface area (Å²) in [4.78, 5) is 2.24. The smallest absolute Gasteiger partial charge is 0.0679 e. The molecule has 3 N–H and O–H groups in total. The molecule has 84 valence electrons. The largest absolute Gasteiger partial charge is 0.392 e. The summed E-state index contributed by atoms with van der Waals surface area (Å²) in [5.74, 6) is 0. The van der Waals surface area contributed by atoms with Crippen LogP contribution in [0.3, 0.4) is 0 Å². The summed E-state index contributed by atoms with van der Waals surface area (Å²) in [6.07, 6.45) is 0.335. The van der Waals surface area contributed by atoms with Gasteiger partial charge < -0.3 is 15.7 Å². The van der Waals surface area contributed by atoms with Gasteiger partial charge in [0.2, 0.25) is 0 Å². The molecular formula is C12H20N2O. The van der Waals surface area contributed by atoms with Crippen LogP contribution in [0.5, 0.6) is 0 Å². The van der Waals surface area contributed by atoms with Crippen LogP contribution in [-0.4, -0.2) is 30.8 Å². The van der Waals surface area contributed by atoms with Crippen molar-refractivity contribution in [1.29, 1.82) is 0 Å². The first-order valence-electron chi connectivity index (χ1n) is 5.46. The van der Waals surface area contributed by atoms with Crippen molar-refractivity contribution in [2.75, 3.05) is 24.5 Å². The van der Waals surface area contributed by atoms with E-state index >= 15 is 0 Å². The molecule has 0 radical (unpaired) electrons. The van der Waals surface area contributed by atoms with E-state index in [0.29, 0.717) is 6.54 Å². The zero-order valence-corrected chi connectivity index (χ0v) is 9.26. The normalized spacial score (nSPS) is 12.5. The Balaban J connectivity index is 2.50. The molecule has 3 nitrogen and oxygen atoms in total.